The zero-order valence-corrected chi connectivity index (χ0v) is 14.6. The topological polar surface area (TPSA) is 61.9 Å². The Balaban J connectivity index is 1.63. The van der Waals surface area contributed by atoms with Crippen molar-refractivity contribution in [3.63, 3.8) is 0 Å². The molecule has 1 amide bonds. The zero-order valence-electron chi connectivity index (χ0n) is 13.8. The van der Waals surface area contributed by atoms with Gasteiger partial charge >= 0.3 is 0 Å². The Morgan fingerprint density at radius 1 is 1.33 bits per heavy atom. The zero-order chi connectivity index (χ0) is 17.1. The van der Waals surface area contributed by atoms with Crippen LogP contribution in [0.5, 0.6) is 0 Å². The van der Waals surface area contributed by atoms with Gasteiger partial charge in [-0.1, -0.05) is 23.9 Å². The Kier molecular flexibility index (Phi) is 5.18. The molecule has 1 aliphatic rings. The summed E-state index contributed by atoms with van der Waals surface area (Å²) in [7, 11) is 0. The number of benzene rings is 1. The van der Waals surface area contributed by atoms with Gasteiger partial charge in [0.2, 0.25) is 11.1 Å². The molecule has 0 spiro atoms. The van der Waals surface area contributed by atoms with Crippen molar-refractivity contribution in [2.75, 3.05) is 5.75 Å². The number of H-pyrrole nitrogens is 1. The lowest BCUT2D eigenvalue weighted by molar-refractivity contribution is -0.134. The first-order valence-electron chi connectivity index (χ1n) is 8.17. The van der Waals surface area contributed by atoms with Gasteiger partial charge in [0.25, 0.3) is 0 Å². The van der Waals surface area contributed by atoms with E-state index in [0.717, 1.165) is 12.8 Å². The number of amides is 1. The number of carbonyl (C=O) groups excluding carboxylic acids is 1. The molecule has 128 valence electrons. The number of aromatic amines is 1. The van der Waals surface area contributed by atoms with Crippen LogP contribution in [0.25, 0.3) is 11.4 Å². The summed E-state index contributed by atoms with van der Waals surface area (Å²) in [5, 5.41) is 7.27. The lowest BCUT2D eigenvalue weighted by atomic mass is 9.98. The lowest BCUT2D eigenvalue weighted by Crippen LogP contribution is -2.48. The SMILES string of the molecule is C[C@@H]1CCC[C@@H](C)N1C(=O)CSc1n[nH]c(-c2ccccc2F)n1. The second-order valence-corrected chi connectivity index (χ2v) is 7.11. The number of piperidine rings is 1. The van der Waals surface area contributed by atoms with Crippen LogP contribution in [0, 0.1) is 5.82 Å². The van der Waals surface area contributed by atoms with Crippen molar-refractivity contribution in [3.8, 4) is 11.4 Å². The normalized spacial score (nSPS) is 21.0. The van der Waals surface area contributed by atoms with E-state index < -0.39 is 0 Å². The monoisotopic (exact) mass is 348 g/mol. The Hall–Kier alpha value is -1.89. The molecule has 1 fully saturated rings. The van der Waals surface area contributed by atoms with Crippen LogP contribution in [-0.2, 0) is 4.79 Å². The molecule has 7 heteroatoms. The number of rotatable bonds is 4. The molecule has 0 bridgehead atoms. The number of nitrogens with zero attached hydrogens (tertiary/aromatic N) is 3. The fraction of sp³-hybridized carbons (Fsp3) is 0.471. The first-order chi connectivity index (χ1) is 11.6. The lowest BCUT2D eigenvalue weighted by Gasteiger charge is -2.39. The molecule has 1 aromatic heterocycles. The number of thioether (sulfide) groups is 1. The first kappa shape index (κ1) is 17.0. The highest BCUT2D eigenvalue weighted by Gasteiger charge is 2.28. The van der Waals surface area contributed by atoms with Gasteiger partial charge in [-0.25, -0.2) is 9.37 Å². The van der Waals surface area contributed by atoms with E-state index in [-0.39, 0.29) is 23.8 Å². The molecule has 2 heterocycles. The molecule has 0 radical (unpaired) electrons. The minimum atomic E-state index is -0.350. The highest BCUT2D eigenvalue weighted by molar-refractivity contribution is 7.99. The summed E-state index contributed by atoms with van der Waals surface area (Å²) in [6, 6.07) is 6.96. The molecule has 3 rings (SSSR count). The molecule has 1 aromatic carbocycles. The number of hydrogen-bond donors (Lipinski definition) is 1. The number of aromatic nitrogens is 3. The minimum Gasteiger partial charge on any atom is -0.337 e. The Labute approximate surface area is 145 Å². The summed E-state index contributed by atoms with van der Waals surface area (Å²) >= 11 is 1.28. The quantitative estimate of drug-likeness (QED) is 0.859. The summed E-state index contributed by atoms with van der Waals surface area (Å²) in [5.74, 6) is 0.431. The smallest absolute Gasteiger partial charge is 0.233 e. The summed E-state index contributed by atoms with van der Waals surface area (Å²) in [6.45, 7) is 4.20. The van der Waals surface area contributed by atoms with Crippen molar-refractivity contribution >= 4 is 17.7 Å². The maximum atomic E-state index is 13.8. The first-order valence-corrected chi connectivity index (χ1v) is 9.16. The fourth-order valence-corrected chi connectivity index (χ4v) is 3.87. The van der Waals surface area contributed by atoms with Gasteiger partial charge in [0.05, 0.1) is 11.3 Å². The summed E-state index contributed by atoms with van der Waals surface area (Å²) in [6.07, 6.45) is 3.28. The maximum Gasteiger partial charge on any atom is 0.233 e. The van der Waals surface area contributed by atoms with Crippen molar-refractivity contribution < 1.29 is 9.18 Å². The third-order valence-electron chi connectivity index (χ3n) is 4.40. The molecular weight excluding hydrogens is 327 g/mol. The molecule has 1 saturated heterocycles. The van der Waals surface area contributed by atoms with E-state index in [1.54, 1.807) is 18.2 Å². The number of halogens is 1. The highest BCUT2D eigenvalue weighted by atomic mass is 32.2. The second-order valence-electron chi connectivity index (χ2n) is 6.17. The van der Waals surface area contributed by atoms with E-state index in [1.807, 2.05) is 4.90 Å². The largest absolute Gasteiger partial charge is 0.337 e. The van der Waals surface area contributed by atoms with E-state index in [2.05, 4.69) is 29.0 Å². The van der Waals surface area contributed by atoms with Crippen LogP contribution < -0.4 is 0 Å². The fourth-order valence-electron chi connectivity index (χ4n) is 3.20. The van der Waals surface area contributed by atoms with Crippen LogP contribution in [0.15, 0.2) is 29.4 Å². The van der Waals surface area contributed by atoms with Crippen LogP contribution in [0.2, 0.25) is 0 Å². The van der Waals surface area contributed by atoms with Crippen LogP contribution in [-0.4, -0.2) is 43.8 Å². The van der Waals surface area contributed by atoms with Gasteiger partial charge < -0.3 is 4.90 Å². The Morgan fingerprint density at radius 2 is 2.04 bits per heavy atom. The maximum absolute atomic E-state index is 13.8. The molecule has 5 nitrogen and oxygen atoms in total. The van der Waals surface area contributed by atoms with Crippen LogP contribution in [0.4, 0.5) is 4.39 Å². The van der Waals surface area contributed by atoms with E-state index in [1.165, 1.54) is 24.2 Å². The average molecular weight is 348 g/mol. The molecular formula is C17H21FN4OS. The van der Waals surface area contributed by atoms with Crippen molar-refractivity contribution in [2.45, 2.75) is 50.4 Å². The average Bonchev–Trinajstić information content (AvgIpc) is 3.02. The van der Waals surface area contributed by atoms with Gasteiger partial charge in [-0.05, 0) is 45.2 Å². The number of likely N-dealkylation sites (tertiary alicyclic amines) is 1. The third kappa shape index (κ3) is 3.61. The predicted molar refractivity (Wildman–Crippen MR) is 92.1 cm³/mol. The Morgan fingerprint density at radius 3 is 2.75 bits per heavy atom. The standard InChI is InChI=1S/C17H21FN4OS/c1-11-6-5-7-12(2)22(11)15(23)10-24-17-19-16(20-21-17)13-8-3-4-9-14(13)18/h3-4,8-9,11-12H,5-7,10H2,1-2H3,(H,19,20,21)/t11-,12-/m1/s1. The molecule has 2 aromatic rings. The van der Waals surface area contributed by atoms with Gasteiger partial charge in [-0.3, -0.25) is 9.89 Å². The van der Waals surface area contributed by atoms with E-state index in [0.29, 0.717) is 22.3 Å². The number of carbonyl (C=O) groups is 1. The summed E-state index contributed by atoms with van der Waals surface area (Å²) in [4.78, 5) is 18.8. The van der Waals surface area contributed by atoms with Gasteiger partial charge in [-0.15, -0.1) is 5.10 Å². The summed E-state index contributed by atoms with van der Waals surface area (Å²) in [5.41, 5.74) is 0.376. The number of nitrogens with one attached hydrogen (secondary N) is 1. The van der Waals surface area contributed by atoms with Crippen LogP contribution in [0.1, 0.15) is 33.1 Å². The van der Waals surface area contributed by atoms with E-state index >= 15 is 0 Å². The minimum absolute atomic E-state index is 0.108. The highest BCUT2D eigenvalue weighted by Crippen LogP contribution is 2.25. The van der Waals surface area contributed by atoms with Gasteiger partial charge in [-0.2, -0.15) is 0 Å². The van der Waals surface area contributed by atoms with Gasteiger partial charge in [0.1, 0.15) is 5.82 Å². The molecule has 2 atom stereocenters. The number of hydrogen-bond acceptors (Lipinski definition) is 4. The van der Waals surface area contributed by atoms with Gasteiger partial charge in [0, 0.05) is 12.1 Å². The molecule has 1 N–H and O–H groups in total. The van der Waals surface area contributed by atoms with Crippen LogP contribution in [0.3, 0.4) is 0 Å². The van der Waals surface area contributed by atoms with Crippen molar-refractivity contribution in [2.24, 2.45) is 0 Å². The molecule has 1 aliphatic heterocycles. The van der Waals surface area contributed by atoms with E-state index in [9.17, 15) is 9.18 Å². The summed E-state index contributed by atoms with van der Waals surface area (Å²) < 4.78 is 13.8. The van der Waals surface area contributed by atoms with Crippen LogP contribution >= 0.6 is 11.8 Å². The van der Waals surface area contributed by atoms with Crippen molar-refractivity contribution in [1.82, 2.24) is 20.1 Å². The third-order valence-corrected chi connectivity index (χ3v) is 5.23. The second kappa shape index (κ2) is 7.34. The van der Waals surface area contributed by atoms with Gasteiger partial charge in [0.15, 0.2) is 5.82 Å². The predicted octanol–water partition coefficient (Wildman–Crippen LogP) is 3.49. The molecule has 24 heavy (non-hydrogen) atoms. The molecule has 0 unspecified atom stereocenters. The van der Waals surface area contributed by atoms with Crippen molar-refractivity contribution in [3.05, 3.63) is 30.1 Å². The van der Waals surface area contributed by atoms with E-state index in [4.69, 9.17) is 0 Å². The van der Waals surface area contributed by atoms with Crippen molar-refractivity contribution in [1.29, 1.82) is 0 Å². The Bertz CT molecular complexity index is 710. The molecule has 0 saturated carbocycles. The molecule has 0 aliphatic carbocycles.